The van der Waals surface area contributed by atoms with Gasteiger partial charge in [-0.3, -0.25) is 0 Å². The van der Waals surface area contributed by atoms with E-state index in [-0.39, 0.29) is 52.6 Å². The fourth-order valence-corrected chi connectivity index (χ4v) is 0. The van der Waals surface area contributed by atoms with Crippen LogP contribution in [-0.4, -0.2) is 85.3 Å². The predicted molar refractivity (Wildman–Crippen MR) is 37.0 cm³/mol. The Labute approximate surface area is 94.3 Å². The van der Waals surface area contributed by atoms with E-state index < -0.39 is 12.3 Å². The minimum absolute atomic E-state index is 0. The van der Waals surface area contributed by atoms with Crippen LogP contribution in [0.3, 0.4) is 0 Å². The Kier molecular flexibility index (Phi) is 36.2. The van der Waals surface area contributed by atoms with Gasteiger partial charge in [0.25, 0.3) is 0 Å². The zero-order chi connectivity index (χ0) is 7.15. The zero-order valence-corrected chi connectivity index (χ0v) is 3.61. The molecule has 54 valence electrons. The van der Waals surface area contributed by atoms with Crippen LogP contribution >= 0.6 is 0 Å². The van der Waals surface area contributed by atoms with Crippen LogP contribution in [0.5, 0.6) is 0 Å². The molecule has 0 aliphatic heterocycles. The molecule has 0 amide bonds. The summed E-state index contributed by atoms with van der Waals surface area (Å²) in [6, 6.07) is 0. The molecule has 0 saturated heterocycles. The molecular formula is C2H7MgNaO6. The summed E-state index contributed by atoms with van der Waals surface area (Å²) < 4.78 is 0. The van der Waals surface area contributed by atoms with Crippen molar-refractivity contribution in [3.63, 3.8) is 0 Å². The molecule has 0 aliphatic carbocycles. The summed E-state index contributed by atoms with van der Waals surface area (Å²) in [7, 11) is 0. The van der Waals surface area contributed by atoms with E-state index in [2.05, 4.69) is 0 Å². The second-order valence-electron chi connectivity index (χ2n) is 0.565. The molecular weight excluding hydrogens is 167 g/mol. The Balaban J connectivity index is -0.0000000300. The number of rotatable bonds is 0. The first-order chi connectivity index (χ1) is 3.46. The summed E-state index contributed by atoms with van der Waals surface area (Å²) in [5.74, 6) is 0. The van der Waals surface area contributed by atoms with Crippen LogP contribution in [0.2, 0.25) is 0 Å². The quantitative estimate of drug-likeness (QED) is 0.346. The maximum absolute atomic E-state index is 8.56. The van der Waals surface area contributed by atoms with Gasteiger partial charge in [-0.1, -0.05) is 0 Å². The average Bonchev–Trinajstić information content (AvgIpc) is 1.25. The molecule has 0 bridgehead atoms. The van der Waals surface area contributed by atoms with E-state index in [4.69, 9.17) is 30.0 Å². The molecule has 4 N–H and O–H groups in total. The van der Waals surface area contributed by atoms with Crippen molar-refractivity contribution >= 4 is 64.9 Å². The summed E-state index contributed by atoms with van der Waals surface area (Å²) in [5, 5.41) is 27.9. The Bertz CT molecular complexity index is 73.7. The van der Waals surface area contributed by atoms with Gasteiger partial charge in [0.15, 0.2) is 0 Å². The van der Waals surface area contributed by atoms with Gasteiger partial charge in [0, 0.05) is 0 Å². The molecule has 0 aliphatic rings. The van der Waals surface area contributed by atoms with Gasteiger partial charge in [0.05, 0.1) is 0 Å². The van der Waals surface area contributed by atoms with Crippen molar-refractivity contribution in [1.82, 2.24) is 0 Å². The minimum atomic E-state index is -1.83. The molecule has 0 fully saturated rings. The van der Waals surface area contributed by atoms with Gasteiger partial charge in [-0.25, -0.2) is 9.59 Å². The van der Waals surface area contributed by atoms with Crippen LogP contribution < -0.4 is 0 Å². The van der Waals surface area contributed by atoms with Crippen molar-refractivity contribution in [2.45, 2.75) is 0 Å². The van der Waals surface area contributed by atoms with E-state index in [0.29, 0.717) is 0 Å². The summed E-state index contributed by atoms with van der Waals surface area (Å²) in [6.45, 7) is 0. The average molecular weight is 174 g/mol. The fraction of sp³-hybridized carbons (Fsp3) is 0. The molecule has 0 saturated carbocycles. The molecule has 0 aromatic carbocycles. The van der Waals surface area contributed by atoms with E-state index in [1.54, 1.807) is 0 Å². The summed E-state index contributed by atoms with van der Waals surface area (Å²) in [5.41, 5.74) is 0. The second kappa shape index (κ2) is 16.1. The molecule has 0 spiro atoms. The fourth-order valence-electron chi connectivity index (χ4n) is 0. The number of carboxylic acid groups (broad SMARTS) is 4. The Morgan fingerprint density at radius 2 is 0.800 bits per heavy atom. The first-order valence-corrected chi connectivity index (χ1v) is 1.30. The first-order valence-electron chi connectivity index (χ1n) is 1.30. The normalized spacial score (nSPS) is 4.80. The van der Waals surface area contributed by atoms with Crippen LogP contribution in [0.1, 0.15) is 0 Å². The first kappa shape index (κ1) is 22.4. The van der Waals surface area contributed by atoms with Crippen molar-refractivity contribution < 1.29 is 30.0 Å². The van der Waals surface area contributed by atoms with Gasteiger partial charge in [-0.05, 0) is 0 Å². The van der Waals surface area contributed by atoms with E-state index >= 15 is 0 Å². The number of hydrogen-bond acceptors (Lipinski definition) is 2. The van der Waals surface area contributed by atoms with E-state index in [1.165, 1.54) is 0 Å². The van der Waals surface area contributed by atoms with Crippen LogP contribution in [0, 0.1) is 0 Å². The van der Waals surface area contributed by atoms with Gasteiger partial charge in [-0.15, -0.1) is 0 Å². The van der Waals surface area contributed by atoms with Crippen molar-refractivity contribution in [3.8, 4) is 0 Å². The molecule has 0 rings (SSSR count). The van der Waals surface area contributed by atoms with Crippen LogP contribution in [0.25, 0.3) is 0 Å². The van der Waals surface area contributed by atoms with Gasteiger partial charge in [0.2, 0.25) is 0 Å². The van der Waals surface area contributed by atoms with Gasteiger partial charge >= 0.3 is 64.9 Å². The second-order valence-corrected chi connectivity index (χ2v) is 0.565. The van der Waals surface area contributed by atoms with Crippen molar-refractivity contribution in [2.24, 2.45) is 0 Å². The SMILES string of the molecule is O=C(O)O.O=C(O)O.[MgH2].[NaH]. The monoisotopic (exact) mass is 174 g/mol. The van der Waals surface area contributed by atoms with Gasteiger partial charge in [0.1, 0.15) is 0 Å². The Hall–Kier alpha value is 0.306. The van der Waals surface area contributed by atoms with Gasteiger partial charge in [-0.2, -0.15) is 0 Å². The molecule has 8 heteroatoms. The van der Waals surface area contributed by atoms with E-state index in [1.807, 2.05) is 0 Å². The zero-order valence-electron chi connectivity index (χ0n) is 3.61. The third kappa shape index (κ3) is 4730. The maximum atomic E-state index is 8.56. The third-order valence-corrected chi connectivity index (χ3v) is 0. The van der Waals surface area contributed by atoms with Crippen molar-refractivity contribution in [3.05, 3.63) is 0 Å². The third-order valence-electron chi connectivity index (χ3n) is 0. The Morgan fingerprint density at radius 3 is 0.800 bits per heavy atom. The van der Waals surface area contributed by atoms with Gasteiger partial charge < -0.3 is 20.4 Å². The molecule has 10 heavy (non-hydrogen) atoms. The summed E-state index contributed by atoms with van der Waals surface area (Å²) in [6.07, 6.45) is -3.67. The predicted octanol–water partition coefficient (Wildman–Crippen LogP) is -1.12. The molecule has 0 atom stereocenters. The molecule has 6 nitrogen and oxygen atoms in total. The number of carbonyl (C=O) groups is 2. The molecule has 0 aromatic heterocycles. The topological polar surface area (TPSA) is 115 Å². The van der Waals surface area contributed by atoms with Crippen LogP contribution in [-0.2, 0) is 0 Å². The molecule has 0 unspecified atom stereocenters. The van der Waals surface area contributed by atoms with E-state index in [9.17, 15) is 0 Å². The standard InChI is InChI=1S/2CH2O3.Mg.Na.3H/c2*2-1(3)4;;;;;/h2*(H2,2,3,4);;;;;. The van der Waals surface area contributed by atoms with Crippen molar-refractivity contribution in [2.75, 3.05) is 0 Å². The summed E-state index contributed by atoms with van der Waals surface area (Å²) in [4.78, 5) is 17.1. The number of hydrogen-bond donors (Lipinski definition) is 4. The van der Waals surface area contributed by atoms with Crippen LogP contribution in [0.4, 0.5) is 9.59 Å². The molecule has 0 aromatic rings. The van der Waals surface area contributed by atoms with Crippen molar-refractivity contribution in [1.29, 1.82) is 0 Å². The van der Waals surface area contributed by atoms with Crippen LogP contribution in [0.15, 0.2) is 0 Å². The van der Waals surface area contributed by atoms with E-state index in [0.717, 1.165) is 0 Å². The Morgan fingerprint density at radius 1 is 0.800 bits per heavy atom. The molecule has 0 radical (unpaired) electrons. The summed E-state index contributed by atoms with van der Waals surface area (Å²) >= 11 is 0. The molecule has 0 heterocycles.